The van der Waals surface area contributed by atoms with Crippen molar-refractivity contribution < 1.29 is 29.0 Å². The molecule has 6 heteroatoms. The number of carbonyl (C=O) groups excluding carboxylic acids is 3. The van der Waals surface area contributed by atoms with Gasteiger partial charge < -0.3 is 14.6 Å². The van der Waals surface area contributed by atoms with E-state index in [1.807, 2.05) is 0 Å². The zero-order chi connectivity index (χ0) is 17.3. The van der Waals surface area contributed by atoms with E-state index in [0.29, 0.717) is 10.9 Å². The third-order valence-corrected chi connectivity index (χ3v) is 3.21. The fourth-order valence-corrected chi connectivity index (χ4v) is 2.50. The summed E-state index contributed by atoms with van der Waals surface area (Å²) in [5.41, 5.74) is 0.724. The molecule has 0 fully saturated rings. The first-order valence-electron chi connectivity index (χ1n) is 6.88. The highest BCUT2D eigenvalue weighted by molar-refractivity contribution is 6.07. The number of aromatic hydroxyl groups is 1. The van der Waals surface area contributed by atoms with Gasteiger partial charge in [0, 0.05) is 19.9 Å². The van der Waals surface area contributed by atoms with Gasteiger partial charge in [0.15, 0.2) is 5.78 Å². The van der Waals surface area contributed by atoms with Gasteiger partial charge in [-0.1, -0.05) is 6.07 Å². The van der Waals surface area contributed by atoms with Gasteiger partial charge in [0.05, 0.1) is 10.9 Å². The zero-order valence-electron chi connectivity index (χ0n) is 13.2. The lowest BCUT2D eigenvalue weighted by Crippen LogP contribution is -2.06. The van der Waals surface area contributed by atoms with Crippen LogP contribution < -0.4 is 9.47 Å². The Morgan fingerprint density at radius 3 is 2.09 bits per heavy atom. The molecule has 0 saturated heterocycles. The quantitative estimate of drug-likeness (QED) is 0.532. The molecule has 0 bridgehead atoms. The predicted molar refractivity (Wildman–Crippen MR) is 83.0 cm³/mol. The number of esters is 2. The minimum atomic E-state index is -0.601. The first-order valence-corrected chi connectivity index (χ1v) is 6.88. The van der Waals surface area contributed by atoms with Gasteiger partial charge in [0.25, 0.3) is 0 Å². The van der Waals surface area contributed by atoms with Crippen molar-refractivity contribution in [3.63, 3.8) is 0 Å². The van der Waals surface area contributed by atoms with Gasteiger partial charge in [0.2, 0.25) is 0 Å². The highest BCUT2D eigenvalue weighted by Gasteiger charge is 2.19. The smallest absolute Gasteiger partial charge is 0.308 e. The number of aryl methyl sites for hydroxylation is 1. The molecule has 2 rings (SSSR count). The van der Waals surface area contributed by atoms with Gasteiger partial charge >= 0.3 is 11.9 Å². The first kappa shape index (κ1) is 16.5. The molecule has 0 atom stereocenters. The summed E-state index contributed by atoms with van der Waals surface area (Å²) in [5.74, 6) is -1.50. The van der Waals surface area contributed by atoms with Crippen LogP contribution in [0.2, 0.25) is 0 Å². The van der Waals surface area contributed by atoms with Crippen molar-refractivity contribution >= 4 is 28.5 Å². The Bertz CT molecular complexity index is 835. The average Bonchev–Trinajstić information content (AvgIpc) is 2.35. The maximum Gasteiger partial charge on any atom is 0.308 e. The summed E-state index contributed by atoms with van der Waals surface area (Å²) in [6.07, 6.45) is 0. The zero-order valence-corrected chi connectivity index (χ0v) is 13.2. The summed E-state index contributed by atoms with van der Waals surface area (Å²) in [5, 5.41) is 11.1. The molecule has 23 heavy (non-hydrogen) atoms. The maximum absolute atomic E-state index is 11.7. The number of rotatable bonds is 3. The van der Waals surface area contributed by atoms with Crippen molar-refractivity contribution in [2.45, 2.75) is 27.7 Å². The maximum atomic E-state index is 11.7. The van der Waals surface area contributed by atoms with Crippen LogP contribution in [-0.2, 0) is 9.59 Å². The molecule has 0 radical (unpaired) electrons. The molecule has 0 amide bonds. The van der Waals surface area contributed by atoms with Crippen LogP contribution in [-0.4, -0.2) is 22.8 Å². The monoisotopic (exact) mass is 316 g/mol. The lowest BCUT2D eigenvalue weighted by atomic mass is 9.97. The number of hydrogen-bond donors (Lipinski definition) is 1. The minimum absolute atomic E-state index is 0.0197. The Kier molecular flexibility index (Phi) is 4.36. The van der Waals surface area contributed by atoms with E-state index in [9.17, 15) is 19.5 Å². The predicted octanol–water partition coefficient (Wildman–Crippen LogP) is 2.91. The number of fused-ring (bicyclic) bond motifs is 1. The molecule has 0 saturated carbocycles. The second-order valence-corrected chi connectivity index (χ2v) is 5.18. The van der Waals surface area contributed by atoms with Crippen molar-refractivity contribution in [2.75, 3.05) is 0 Å². The molecule has 120 valence electrons. The topological polar surface area (TPSA) is 89.9 Å². The van der Waals surface area contributed by atoms with Crippen LogP contribution in [0.5, 0.6) is 17.2 Å². The van der Waals surface area contributed by atoms with Gasteiger partial charge in [-0.2, -0.15) is 0 Å². The lowest BCUT2D eigenvalue weighted by Gasteiger charge is -2.14. The summed E-state index contributed by atoms with van der Waals surface area (Å²) in [6.45, 7) is 5.48. The first-order chi connectivity index (χ1) is 10.7. The molecule has 0 aliphatic heterocycles. The number of ketones is 1. The second kappa shape index (κ2) is 6.08. The van der Waals surface area contributed by atoms with E-state index in [2.05, 4.69) is 0 Å². The summed E-state index contributed by atoms with van der Waals surface area (Å²) < 4.78 is 10.1. The molecule has 0 aliphatic carbocycles. The molecule has 0 unspecified atom stereocenters. The number of hydrogen-bond acceptors (Lipinski definition) is 6. The number of ether oxygens (including phenoxy) is 2. The Morgan fingerprint density at radius 1 is 0.957 bits per heavy atom. The third kappa shape index (κ3) is 3.31. The van der Waals surface area contributed by atoms with E-state index in [0.717, 1.165) is 0 Å². The molecule has 0 aromatic heterocycles. The van der Waals surface area contributed by atoms with Crippen molar-refractivity contribution in [3.8, 4) is 17.2 Å². The van der Waals surface area contributed by atoms with Crippen LogP contribution in [0.1, 0.15) is 36.7 Å². The van der Waals surface area contributed by atoms with Gasteiger partial charge in [-0.15, -0.1) is 0 Å². The Balaban J connectivity index is 2.84. The molecule has 0 aliphatic rings. The van der Waals surface area contributed by atoms with E-state index < -0.39 is 11.9 Å². The van der Waals surface area contributed by atoms with E-state index >= 15 is 0 Å². The number of phenols is 1. The van der Waals surface area contributed by atoms with Gasteiger partial charge in [0.1, 0.15) is 17.2 Å². The third-order valence-electron chi connectivity index (χ3n) is 3.21. The van der Waals surface area contributed by atoms with E-state index in [1.54, 1.807) is 13.0 Å². The molecule has 0 heterocycles. The normalized spacial score (nSPS) is 10.4. The number of carbonyl (C=O) groups is 3. The molecule has 0 spiro atoms. The van der Waals surface area contributed by atoms with Crippen molar-refractivity contribution in [2.24, 2.45) is 0 Å². The summed E-state index contributed by atoms with van der Waals surface area (Å²) in [4.78, 5) is 34.2. The lowest BCUT2D eigenvalue weighted by molar-refractivity contribution is -0.132. The van der Waals surface area contributed by atoms with Crippen LogP contribution in [0.25, 0.3) is 10.8 Å². The van der Waals surface area contributed by atoms with Crippen LogP contribution in [0, 0.1) is 6.92 Å². The van der Waals surface area contributed by atoms with Crippen LogP contribution >= 0.6 is 0 Å². The summed E-state index contributed by atoms with van der Waals surface area (Å²) in [6, 6.07) is 4.51. The molecular formula is C17H16O6. The molecule has 1 N–H and O–H groups in total. The van der Waals surface area contributed by atoms with Gasteiger partial charge in [-0.05, 0) is 30.9 Å². The fraction of sp³-hybridized carbons (Fsp3) is 0.235. The molecule has 2 aromatic carbocycles. The Hall–Kier alpha value is -2.89. The highest BCUT2D eigenvalue weighted by Crippen LogP contribution is 2.40. The molecular weight excluding hydrogens is 300 g/mol. The molecule has 2 aromatic rings. The second-order valence-electron chi connectivity index (χ2n) is 5.18. The Morgan fingerprint density at radius 2 is 1.57 bits per heavy atom. The van der Waals surface area contributed by atoms with Gasteiger partial charge in [-0.25, -0.2) is 0 Å². The largest absolute Gasteiger partial charge is 0.506 e. The fourth-order valence-electron chi connectivity index (χ4n) is 2.50. The van der Waals surface area contributed by atoms with Crippen molar-refractivity contribution in [1.82, 2.24) is 0 Å². The molecule has 6 nitrogen and oxygen atoms in total. The van der Waals surface area contributed by atoms with Crippen LogP contribution in [0.4, 0.5) is 0 Å². The average molecular weight is 316 g/mol. The van der Waals surface area contributed by atoms with Crippen LogP contribution in [0.3, 0.4) is 0 Å². The standard InChI is InChI=1S/C17H16O6/c1-8-5-12-6-13(22-10(3)19)7-14(23-11(4)20)16(12)17(21)15(8)9(2)18/h5-7,21H,1-4H3. The highest BCUT2D eigenvalue weighted by atomic mass is 16.5. The minimum Gasteiger partial charge on any atom is -0.506 e. The van der Waals surface area contributed by atoms with Gasteiger partial charge in [-0.3, -0.25) is 14.4 Å². The van der Waals surface area contributed by atoms with Crippen molar-refractivity contribution in [3.05, 3.63) is 29.3 Å². The summed E-state index contributed by atoms with van der Waals surface area (Å²) >= 11 is 0. The number of Topliss-reactive ketones (excluding diaryl/α,β-unsaturated/α-hetero) is 1. The Labute approximate surface area is 132 Å². The van der Waals surface area contributed by atoms with E-state index in [4.69, 9.17) is 9.47 Å². The number of benzene rings is 2. The van der Waals surface area contributed by atoms with Crippen LogP contribution in [0.15, 0.2) is 18.2 Å². The van der Waals surface area contributed by atoms with E-state index in [-0.39, 0.29) is 34.0 Å². The SMILES string of the molecule is CC(=O)Oc1cc(OC(C)=O)c2c(O)c(C(C)=O)c(C)cc2c1. The number of phenolic OH excluding ortho intramolecular Hbond substituents is 1. The summed E-state index contributed by atoms with van der Waals surface area (Å²) in [7, 11) is 0. The van der Waals surface area contributed by atoms with Crippen molar-refractivity contribution in [1.29, 1.82) is 0 Å². The van der Waals surface area contributed by atoms with E-state index in [1.165, 1.54) is 32.9 Å².